The average molecular weight is 255 g/mol. The van der Waals surface area contributed by atoms with Gasteiger partial charge < -0.3 is 16.9 Å². The first-order valence-corrected chi connectivity index (χ1v) is 5.57. The van der Waals surface area contributed by atoms with Crippen LogP contribution < -0.4 is 12.4 Å². The highest BCUT2D eigenvalue weighted by Crippen LogP contribution is 2.18. The van der Waals surface area contributed by atoms with Gasteiger partial charge in [-0.1, -0.05) is 24.0 Å². The van der Waals surface area contributed by atoms with Crippen molar-refractivity contribution in [2.75, 3.05) is 40.0 Å². The lowest BCUT2D eigenvalue weighted by atomic mass is 10.4. The molecule has 1 saturated heterocycles. The minimum atomic E-state index is 0. The largest absolute Gasteiger partial charge is 1.00 e. The summed E-state index contributed by atoms with van der Waals surface area (Å²) in [5.74, 6) is 1.09. The molecule has 0 unspecified atom stereocenters. The summed E-state index contributed by atoms with van der Waals surface area (Å²) in [5, 5.41) is 0. The van der Waals surface area contributed by atoms with Crippen LogP contribution in [-0.4, -0.2) is 59.6 Å². The van der Waals surface area contributed by atoms with Crippen molar-refractivity contribution >= 4 is 34.2 Å². The SMILES string of the molecule is C[N+](C)(C)CC(=O)N1CCSC1=S.[Cl-]. The molecular formula is C8H15ClN2OS2. The standard InChI is InChI=1S/C8H15N2OS2.ClH/c1-10(2,3)6-7(11)9-4-5-13-8(9)12;/h4-6H2,1-3H3;1H/q+1;/p-1. The van der Waals surface area contributed by atoms with Crippen LogP contribution >= 0.6 is 24.0 Å². The van der Waals surface area contributed by atoms with E-state index in [2.05, 4.69) is 0 Å². The number of thioether (sulfide) groups is 1. The maximum Gasteiger partial charge on any atom is 0.283 e. The Balaban J connectivity index is 0.00000169. The van der Waals surface area contributed by atoms with Crippen molar-refractivity contribution in [3.05, 3.63) is 0 Å². The van der Waals surface area contributed by atoms with Crippen molar-refractivity contribution in [1.29, 1.82) is 0 Å². The highest BCUT2D eigenvalue weighted by molar-refractivity contribution is 8.23. The summed E-state index contributed by atoms with van der Waals surface area (Å²) in [5.41, 5.74) is 0. The van der Waals surface area contributed by atoms with Gasteiger partial charge in [0.15, 0.2) is 6.54 Å². The second kappa shape index (κ2) is 5.30. The number of carbonyl (C=O) groups excluding carboxylic acids is 1. The number of hydrogen-bond donors (Lipinski definition) is 0. The monoisotopic (exact) mass is 254 g/mol. The van der Waals surface area contributed by atoms with Crippen molar-refractivity contribution in [2.45, 2.75) is 0 Å². The first-order chi connectivity index (χ1) is 5.90. The van der Waals surface area contributed by atoms with Crippen LogP contribution in [0, 0.1) is 0 Å². The summed E-state index contributed by atoms with van der Waals surface area (Å²) in [6.07, 6.45) is 0. The van der Waals surface area contributed by atoms with Gasteiger partial charge in [0.1, 0.15) is 4.32 Å². The molecule has 1 aliphatic rings. The molecule has 1 rings (SSSR count). The Morgan fingerprint density at radius 2 is 2.14 bits per heavy atom. The van der Waals surface area contributed by atoms with Gasteiger partial charge in [0.05, 0.1) is 21.1 Å². The molecule has 6 heteroatoms. The Morgan fingerprint density at radius 3 is 2.50 bits per heavy atom. The molecule has 1 amide bonds. The Hall–Kier alpha value is 0.160. The van der Waals surface area contributed by atoms with Gasteiger partial charge in [-0.25, -0.2) is 0 Å². The lowest BCUT2D eigenvalue weighted by molar-refractivity contribution is -0.862. The van der Waals surface area contributed by atoms with Crippen molar-refractivity contribution < 1.29 is 21.7 Å². The zero-order valence-electron chi connectivity index (χ0n) is 8.62. The highest BCUT2D eigenvalue weighted by atomic mass is 35.5. The fourth-order valence-corrected chi connectivity index (χ4v) is 2.35. The van der Waals surface area contributed by atoms with E-state index in [1.165, 1.54) is 0 Å². The number of quaternary nitrogens is 1. The van der Waals surface area contributed by atoms with Gasteiger partial charge in [-0.3, -0.25) is 9.69 Å². The minimum absolute atomic E-state index is 0. The quantitative estimate of drug-likeness (QED) is 0.404. The number of amides is 1. The lowest BCUT2D eigenvalue weighted by Gasteiger charge is -2.25. The molecule has 82 valence electrons. The zero-order valence-corrected chi connectivity index (χ0v) is 11.0. The fraction of sp³-hybridized carbons (Fsp3) is 0.750. The van der Waals surface area contributed by atoms with Gasteiger partial charge in [0.2, 0.25) is 0 Å². The number of nitrogens with zero attached hydrogens (tertiary/aromatic N) is 2. The molecule has 0 aliphatic carbocycles. The summed E-state index contributed by atoms with van der Waals surface area (Å²) >= 11 is 6.66. The van der Waals surface area contributed by atoms with Crippen molar-refractivity contribution in [3.8, 4) is 0 Å². The number of rotatable bonds is 2. The maximum absolute atomic E-state index is 11.7. The molecule has 0 saturated carbocycles. The van der Waals surface area contributed by atoms with Crippen LogP contribution in [0.5, 0.6) is 0 Å². The predicted octanol–water partition coefficient (Wildman–Crippen LogP) is -2.44. The Morgan fingerprint density at radius 1 is 1.57 bits per heavy atom. The third-order valence-electron chi connectivity index (χ3n) is 1.67. The van der Waals surface area contributed by atoms with E-state index in [0.717, 1.165) is 16.6 Å². The smallest absolute Gasteiger partial charge is 0.283 e. The minimum Gasteiger partial charge on any atom is -1.00 e. The molecule has 1 heterocycles. The van der Waals surface area contributed by atoms with Crippen LogP contribution in [0.3, 0.4) is 0 Å². The summed E-state index contributed by atoms with van der Waals surface area (Å²) in [7, 11) is 6.01. The molecule has 0 spiro atoms. The third kappa shape index (κ3) is 4.13. The van der Waals surface area contributed by atoms with Gasteiger partial charge in [-0.05, 0) is 0 Å². The lowest BCUT2D eigenvalue weighted by Crippen LogP contribution is -3.00. The maximum atomic E-state index is 11.7. The van der Waals surface area contributed by atoms with Gasteiger partial charge in [-0.15, -0.1) is 0 Å². The highest BCUT2D eigenvalue weighted by Gasteiger charge is 2.27. The van der Waals surface area contributed by atoms with E-state index in [0.29, 0.717) is 11.0 Å². The molecule has 1 fully saturated rings. The molecule has 0 N–H and O–H groups in total. The van der Waals surface area contributed by atoms with Crippen molar-refractivity contribution in [3.63, 3.8) is 0 Å². The Labute approximate surface area is 101 Å². The fourth-order valence-electron chi connectivity index (χ4n) is 1.11. The molecule has 0 atom stereocenters. The first-order valence-electron chi connectivity index (χ1n) is 4.18. The van der Waals surface area contributed by atoms with Crippen LogP contribution in [0.15, 0.2) is 0 Å². The molecule has 0 aromatic carbocycles. The van der Waals surface area contributed by atoms with Crippen molar-refractivity contribution in [2.24, 2.45) is 0 Å². The summed E-state index contributed by atoms with van der Waals surface area (Å²) in [6.45, 7) is 1.29. The number of thiocarbonyl (C=S) groups is 1. The van der Waals surface area contributed by atoms with E-state index in [1.807, 2.05) is 21.1 Å². The molecular weight excluding hydrogens is 240 g/mol. The van der Waals surface area contributed by atoms with Crippen molar-refractivity contribution in [1.82, 2.24) is 4.90 Å². The normalized spacial score (nSPS) is 16.8. The topological polar surface area (TPSA) is 20.3 Å². The van der Waals surface area contributed by atoms with Crippen LogP contribution in [0.4, 0.5) is 0 Å². The van der Waals surface area contributed by atoms with Gasteiger partial charge >= 0.3 is 0 Å². The first kappa shape index (κ1) is 14.2. The molecule has 0 bridgehead atoms. The average Bonchev–Trinajstić information content (AvgIpc) is 2.30. The van der Waals surface area contributed by atoms with Gasteiger partial charge in [0, 0.05) is 12.3 Å². The number of halogens is 1. The van der Waals surface area contributed by atoms with E-state index < -0.39 is 0 Å². The van der Waals surface area contributed by atoms with E-state index in [-0.39, 0.29) is 18.3 Å². The number of hydrogen-bond acceptors (Lipinski definition) is 3. The van der Waals surface area contributed by atoms with E-state index in [9.17, 15) is 4.79 Å². The van der Waals surface area contributed by atoms with Crippen LogP contribution in [0.1, 0.15) is 0 Å². The Bertz CT molecular complexity index is 240. The van der Waals surface area contributed by atoms with Crippen LogP contribution in [0.2, 0.25) is 0 Å². The molecule has 1 aliphatic heterocycles. The number of carbonyl (C=O) groups is 1. The predicted molar refractivity (Wildman–Crippen MR) is 59.7 cm³/mol. The second-order valence-electron chi connectivity index (χ2n) is 4.11. The van der Waals surface area contributed by atoms with Crippen LogP contribution in [0.25, 0.3) is 0 Å². The van der Waals surface area contributed by atoms with E-state index in [1.54, 1.807) is 16.7 Å². The molecule has 0 aromatic heterocycles. The Kier molecular flexibility index (Phi) is 5.36. The molecule has 0 radical (unpaired) electrons. The summed E-state index contributed by atoms with van der Waals surface area (Å²) in [4.78, 5) is 13.4. The number of likely N-dealkylation sites (N-methyl/N-ethyl adjacent to an activating group) is 1. The summed E-state index contributed by atoms with van der Waals surface area (Å²) in [6, 6.07) is 0. The van der Waals surface area contributed by atoms with Gasteiger partial charge in [0.25, 0.3) is 5.91 Å². The molecule has 3 nitrogen and oxygen atoms in total. The van der Waals surface area contributed by atoms with E-state index >= 15 is 0 Å². The van der Waals surface area contributed by atoms with E-state index in [4.69, 9.17) is 12.2 Å². The summed E-state index contributed by atoms with van der Waals surface area (Å²) < 4.78 is 1.39. The van der Waals surface area contributed by atoms with Crippen LogP contribution in [-0.2, 0) is 4.79 Å². The third-order valence-corrected chi connectivity index (χ3v) is 3.10. The second-order valence-corrected chi connectivity index (χ2v) is 5.84. The zero-order chi connectivity index (χ0) is 10.1. The molecule has 14 heavy (non-hydrogen) atoms. The van der Waals surface area contributed by atoms with Gasteiger partial charge in [-0.2, -0.15) is 0 Å². The molecule has 0 aromatic rings.